The number of hydrogen-bond donors (Lipinski definition) is 0. The van der Waals surface area contributed by atoms with Gasteiger partial charge in [0.1, 0.15) is 41.9 Å². The van der Waals surface area contributed by atoms with E-state index in [2.05, 4.69) is 20.2 Å². The first-order valence-corrected chi connectivity index (χ1v) is 20.7. The lowest BCUT2D eigenvalue weighted by atomic mass is 10.00. The fourth-order valence-corrected chi connectivity index (χ4v) is 6.81. The molecule has 2 aliphatic rings. The summed E-state index contributed by atoms with van der Waals surface area (Å²) in [5.74, 6) is 1.09. The fourth-order valence-electron chi connectivity index (χ4n) is 6.37. The summed E-state index contributed by atoms with van der Waals surface area (Å²) in [6.45, 7) is 4.40. The van der Waals surface area contributed by atoms with Gasteiger partial charge in [0.25, 0.3) is 11.1 Å². The zero-order valence-electron chi connectivity index (χ0n) is 34.9. The molecule has 2 fully saturated rings. The van der Waals surface area contributed by atoms with Crippen molar-refractivity contribution in [3.05, 3.63) is 115 Å². The molecule has 0 N–H and O–H groups in total. The van der Waals surface area contributed by atoms with Gasteiger partial charge in [0.2, 0.25) is 0 Å². The molecule has 6 heterocycles. The van der Waals surface area contributed by atoms with E-state index in [4.69, 9.17) is 41.1 Å². The third kappa shape index (κ3) is 12.9. The molecule has 2 aromatic carbocycles. The lowest BCUT2D eigenvalue weighted by Gasteiger charge is -2.20. The second-order valence-electron chi connectivity index (χ2n) is 14.0. The summed E-state index contributed by atoms with van der Waals surface area (Å²) in [6, 6.07) is 14.0. The number of aromatic nitrogens is 8. The predicted octanol–water partition coefficient (Wildman–Crippen LogP) is 6.55. The molecular weight excluding hydrogens is 907 g/mol. The number of rotatable bonds is 8. The molecular formula is C41H40ClF5N10O7S. The van der Waals surface area contributed by atoms with Crippen LogP contribution in [0.5, 0.6) is 12.0 Å². The maximum absolute atomic E-state index is 13.0. The topological polar surface area (TPSA) is 206 Å². The standard InChI is InChI=1S/C18H18ClFN4O3.C18H19FN4O3.C3F3NOS.C2H3N/c1-23-17(25)14-15(19)21-16(12-6-8-26-9-7-12)24(14)22-18(23)27-10-11-2-4-13(20)5-3-11;1-22-17(24)15-10-20-16(13-6-8-25-9-7-13)23(15)21-18(22)26-11-12-2-4-14(19)5-3-12;4-3(5,6)2(8)9-1-7;1-2-3/h2-5,12H,6-10H2,1H3;2-5,10,13H,6-9,11H2,1H3;;1H3. The van der Waals surface area contributed by atoms with E-state index in [0.717, 1.165) is 48.0 Å². The van der Waals surface area contributed by atoms with Crippen molar-refractivity contribution in [3.8, 4) is 23.5 Å². The van der Waals surface area contributed by atoms with Gasteiger partial charge >= 0.3 is 23.3 Å². The lowest BCUT2D eigenvalue weighted by Crippen LogP contribution is -2.25. The summed E-state index contributed by atoms with van der Waals surface area (Å²) < 4.78 is 87.3. The third-order valence-electron chi connectivity index (χ3n) is 9.68. The van der Waals surface area contributed by atoms with E-state index in [-0.39, 0.29) is 70.5 Å². The number of imidazole rings is 2. The number of ether oxygens (including phenoxy) is 4. The summed E-state index contributed by atoms with van der Waals surface area (Å²) in [5, 5.41) is 22.9. The molecule has 0 aliphatic carbocycles. The predicted molar refractivity (Wildman–Crippen MR) is 224 cm³/mol. The molecule has 0 spiro atoms. The molecule has 24 heteroatoms. The van der Waals surface area contributed by atoms with Crippen LogP contribution >= 0.6 is 23.4 Å². The van der Waals surface area contributed by atoms with Crippen molar-refractivity contribution in [2.45, 2.75) is 63.8 Å². The number of thioether (sulfide) groups is 1. The first kappa shape index (κ1) is 49.6. The maximum Gasteiger partial charge on any atom is 0.461 e. The van der Waals surface area contributed by atoms with Gasteiger partial charge in [-0.25, -0.2) is 27.8 Å². The molecule has 0 saturated carbocycles. The van der Waals surface area contributed by atoms with Crippen LogP contribution in [-0.4, -0.2) is 76.0 Å². The fraction of sp³-hybridized carbons (Fsp3) is 0.390. The number of halogens is 6. The molecule has 0 atom stereocenters. The summed E-state index contributed by atoms with van der Waals surface area (Å²) in [6.07, 6.45) is -0.0516. The number of carbonyl (C=O) groups excluding carboxylic acids is 1. The SMILES string of the molecule is CC#N.Cn1c(OCc2ccc(F)cc2)nn2c(C3CCOCC3)nc(Cl)c2c1=O.Cn1c(OCc2ccc(F)cc2)nn2c(C3CCOCC3)ncc2c1=O.N#CSC(=O)C(F)(F)F. The Morgan fingerprint density at radius 3 is 1.69 bits per heavy atom. The Bertz CT molecular complexity index is 2770. The van der Waals surface area contributed by atoms with Gasteiger partial charge in [-0.1, -0.05) is 35.9 Å². The van der Waals surface area contributed by atoms with Gasteiger partial charge in [-0.05, 0) is 61.1 Å². The highest BCUT2D eigenvalue weighted by atomic mass is 35.5. The van der Waals surface area contributed by atoms with Crippen molar-refractivity contribution >= 4 is 39.5 Å². The number of benzene rings is 2. The molecule has 6 aromatic rings. The van der Waals surface area contributed by atoms with E-state index in [9.17, 15) is 36.3 Å². The molecule has 17 nitrogen and oxygen atoms in total. The lowest BCUT2D eigenvalue weighted by molar-refractivity contribution is -0.160. The number of nitriles is 2. The Kier molecular flexibility index (Phi) is 17.5. The van der Waals surface area contributed by atoms with Crippen LogP contribution in [0.4, 0.5) is 22.0 Å². The van der Waals surface area contributed by atoms with Crippen molar-refractivity contribution in [3.63, 3.8) is 0 Å². The third-order valence-corrected chi connectivity index (χ3v) is 10.5. The van der Waals surface area contributed by atoms with Crippen LogP contribution in [0, 0.1) is 33.6 Å². The number of carbonyl (C=O) groups is 1. The zero-order chi connectivity index (χ0) is 47.3. The van der Waals surface area contributed by atoms with Gasteiger partial charge in [0.15, 0.2) is 16.2 Å². The van der Waals surface area contributed by atoms with Crippen molar-refractivity contribution in [2.24, 2.45) is 14.1 Å². The van der Waals surface area contributed by atoms with Gasteiger partial charge in [0.05, 0.1) is 12.3 Å². The minimum Gasteiger partial charge on any atom is -0.459 e. The highest BCUT2D eigenvalue weighted by Gasteiger charge is 2.39. The second-order valence-corrected chi connectivity index (χ2v) is 15.1. The Hall–Kier alpha value is -6.40. The van der Waals surface area contributed by atoms with E-state index in [0.29, 0.717) is 37.8 Å². The van der Waals surface area contributed by atoms with Crippen LogP contribution in [0.1, 0.15) is 67.2 Å². The normalized spacial score (nSPS) is 14.1. The number of nitrogens with zero attached hydrogens (tertiary/aromatic N) is 10. The monoisotopic (exact) mass is 946 g/mol. The molecule has 0 bridgehead atoms. The van der Waals surface area contributed by atoms with Crippen molar-refractivity contribution in [1.82, 2.24) is 38.3 Å². The van der Waals surface area contributed by atoms with Crippen LogP contribution < -0.4 is 20.6 Å². The van der Waals surface area contributed by atoms with E-state index >= 15 is 0 Å². The Morgan fingerprint density at radius 2 is 1.25 bits per heavy atom. The maximum atomic E-state index is 13.0. The zero-order valence-corrected chi connectivity index (χ0v) is 36.5. The van der Waals surface area contributed by atoms with Gasteiger partial charge < -0.3 is 18.9 Å². The van der Waals surface area contributed by atoms with Crippen molar-refractivity contribution in [2.75, 3.05) is 26.4 Å². The number of hydrogen-bond acceptors (Lipinski definition) is 14. The highest BCUT2D eigenvalue weighted by molar-refractivity contribution is 8.17. The molecule has 0 amide bonds. The van der Waals surface area contributed by atoms with Gasteiger partial charge in [0, 0.05) is 71.0 Å². The van der Waals surface area contributed by atoms with Crippen molar-refractivity contribution in [1.29, 1.82) is 10.5 Å². The Morgan fingerprint density at radius 1 is 0.800 bits per heavy atom. The molecule has 0 radical (unpaired) electrons. The summed E-state index contributed by atoms with van der Waals surface area (Å²) in [4.78, 5) is 43.8. The average Bonchev–Trinajstić information content (AvgIpc) is 3.88. The quantitative estimate of drug-likeness (QED) is 0.117. The van der Waals surface area contributed by atoms with E-state index in [1.165, 1.54) is 44.8 Å². The average molecular weight is 947 g/mol. The van der Waals surface area contributed by atoms with Gasteiger partial charge in [-0.2, -0.15) is 23.7 Å². The first-order chi connectivity index (χ1) is 31.1. The van der Waals surface area contributed by atoms with E-state index in [1.54, 1.807) is 55.1 Å². The first-order valence-electron chi connectivity index (χ1n) is 19.6. The minimum atomic E-state index is -4.89. The van der Waals surface area contributed by atoms with Crippen molar-refractivity contribution < 1.29 is 45.7 Å². The summed E-state index contributed by atoms with van der Waals surface area (Å²) in [5.41, 5.74) is 1.64. The highest BCUT2D eigenvalue weighted by Crippen LogP contribution is 2.29. The number of alkyl halides is 3. The summed E-state index contributed by atoms with van der Waals surface area (Å²) in [7, 11) is 3.17. The molecule has 65 heavy (non-hydrogen) atoms. The smallest absolute Gasteiger partial charge is 0.459 e. The van der Waals surface area contributed by atoms with Crippen LogP contribution in [0.25, 0.3) is 11.0 Å². The molecule has 2 aliphatic heterocycles. The number of fused-ring (bicyclic) bond motifs is 2. The van der Waals surface area contributed by atoms with Gasteiger partial charge in [-0.15, -0.1) is 10.2 Å². The molecule has 2 saturated heterocycles. The molecule has 4 aromatic heterocycles. The second kappa shape index (κ2) is 23.0. The van der Waals surface area contributed by atoms with Crippen LogP contribution in [-0.2, 0) is 41.6 Å². The molecule has 344 valence electrons. The Balaban J connectivity index is 0.000000196. The van der Waals surface area contributed by atoms with Gasteiger partial charge in [-0.3, -0.25) is 23.5 Å². The van der Waals surface area contributed by atoms with E-state index < -0.39 is 23.1 Å². The largest absolute Gasteiger partial charge is 0.461 e. The van der Waals surface area contributed by atoms with Crippen LogP contribution in [0.15, 0.2) is 64.3 Å². The molecule has 0 unspecified atom stereocenters. The summed E-state index contributed by atoms with van der Waals surface area (Å²) >= 11 is 5.80. The molecule has 8 rings (SSSR count). The Labute approximate surface area is 375 Å². The van der Waals surface area contributed by atoms with E-state index in [1.807, 2.05) is 0 Å². The minimum absolute atomic E-state index is 0.114. The number of thiocyanates is 1. The van der Waals surface area contributed by atoms with Crippen LogP contribution in [0.3, 0.4) is 0 Å². The van der Waals surface area contributed by atoms with Crippen LogP contribution in [0.2, 0.25) is 5.15 Å².